The predicted octanol–water partition coefficient (Wildman–Crippen LogP) is 3.11. The highest BCUT2D eigenvalue weighted by molar-refractivity contribution is 7.91. The van der Waals surface area contributed by atoms with E-state index in [0.29, 0.717) is 47.7 Å². The molecule has 1 fully saturated rings. The third-order valence-electron chi connectivity index (χ3n) is 5.83. The smallest absolute Gasteiger partial charge is 0.200 e. The standard InChI is InChI=1S/C22H21NO5S/c1-14-20(15-5-3-2-4-6-15)21(24)17-7-8-19-18(22(17)28-14)11-23(13-27-19)16-9-10-29(25,26)12-16/h2-8,16H,9-13H2,1H3/t16-/m0/s1. The van der Waals surface area contributed by atoms with Gasteiger partial charge in [-0.25, -0.2) is 8.42 Å². The molecule has 1 atom stereocenters. The van der Waals surface area contributed by atoms with Gasteiger partial charge >= 0.3 is 0 Å². The monoisotopic (exact) mass is 411 g/mol. The molecular formula is C22H21NO5S. The fourth-order valence-electron chi connectivity index (χ4n) is 4.33. The van der Waals surface area contributed by atoms with E-state index in [1.54, 1.807) is 19.1 Å². The summed E-state index contributed by atoms with van der Waals surface area (Å²) < 4.78 is 35.8. The van der Waals surface area contributed by atoms with Crippen LogP contribution in [0.1, 0.15) is 17.7 Å². The van der Waals surface area contributed by atoms with Crippen LogP contribution >= 0.6 is 0 Å². The molecule has 0 bridgehead atoms. The van der Waals surface area contributed by atoms with E-state index in [0.717, 1.165) is 11.1 Å². The summed E-state index contributed by atoms with van der Waals surface area (Å²) in [5.41, 5.74) is 2.65. The summed E-state index contributed by atoms with van der Waals surface area (Å²) in [4.78, 5) is 15.3. The molecule has 0 unspecified atom stereocenters. The van der Waals surface area contributed by atoms with E-state index in [2.05, 4.69) is 0 Å². The highest BCUT2D eigenvalue weighted by Gasteiger charge is 2.35. The minimum Gasteiger partial charge on any atom is -0.478 e. The van der Waals surface area contributed by atoms with Gasteiger partial charge in [0.1, 0.15) is 23.8 Å². The van der Waals surface area contributed by atoms with E-state index in [-0.39, 0.29) is 23.0 Å². The molecule has 1 saturated heterocycles. The molecule has 150 valence electrons. The molecule has 1 aromatic heterocycles. The molecule has 2 aliphatic heterocycles. The van der Waals surface area contributed by atoms with Crippen LogP contribution in [-0.2, 0) is 16.4 Å². The first kappa shape index (κ1) is 18.4. The average molecular weight is 411 g/mol. The lowest BCUT2D eigenvalue weighted by molar-refractivity contribution is 0.0649. The Morgan fingerprint density at radius 2 is 1.90 bits per heavy atom. The van der Waals surface area contributed by atoms with E-state index in [9.17, 15) is 13.2 Å². The fourth-order valence-corrected chi connectivity index (χ4v) is 6.09. The number of nitrogens with zero attached hydrogens (tertiary/aromatic N) is 1. The lowest BCUT2D eigenvalue weighted by atomic mass is 10.0. The second kappa shape index (κ2) is 6.71. The number of aryl methyl sites for hydroxylation is 1. The van der Waals surface area contributed by atoms with Gasteiger partial charge in [-0.3, -0.25) is 9.69 Å². The fraction of sp³-hybridized carbons (Fsp3) is 0.318. The Bertz CT molecular complexity index is 1260. The number of rotatable bonds is 2. The topological polar surface area (TPSA) is 76.8 Å². The highest BCUT2D eigenvalue weighted by Crippen LogP contribution is 2.35. The van der Waals surface area contributed by atoms with Crippen LogP contribution in [0.5, 0.6) is 5.75 Å². The van der Waals surface area contributed by atoms with Crippen molar-refractivity contribution in [3.05, 3.63) is 64.0 Å². The zero-order valence-electron chi connectivity index (χ0n) is 16.1. The van der Waals surface area contributed by atoms with Crippen LogP contribution in [0.2, 0.25) is 0 Å². The van der Waals surface area contributed by atoms with Crippen molar-refractivity contribution in [1.82, 2.24) is 4.90 Å². The van der Waals surface area contributed by atoms with Crippen LogP contribution < -0.4 is 10.2 Å². The highest BCUT2D eigenvalue weighted by atomic mass is 32.2. The van der Waals surface area contributed by atoms with E-state index in [4.69, 9.17) is 9.15 Å². The lowest BCUT2D eigenvalue weighted by Gasteiger charge is -2.33. The molecule has 6 nitrogen and oxygen atoms in total. The maximum absolute atomic E-state index is 13.3. The molecule has 0 aliphatic carbocycles. The SMILES string of the molecule is Cc1oc2c3c(ccc2c(=O)c1-c1ccccc1)OCN([C@H]1CCS(=O)(=O)C1)C3. The van der Waals surface area contributed by atoms with Crippen molar-refractivity contribution < 1.29 is 17.6 Å². The summed E-state index contributed by atoms with van der Waals surface area (Å²) in [6, 6.07) is 13.0. The molecule has 29 heavy (non-hydrogen) atoms. The molecule has 0 spiro atoms. The molecule has 0 amide bonds. The van der Waals surface area contributed by atoms with Crippen LogP contribution in [0, 0.1) is 6.92 Å². The third kappa shape index (κ3) is 3.14. The van der Waals surface area contributed by atoms with Crippen molar-refractivity contribution in [1.29, 1.82) is 0 Å². The van der Waals surface area contributed by atoms with Crippen molar-refractivity contribution in [2.45, 2.75) is 25.9 Å². The Balaban J connectivity index is 1.61. The quantitative estimate of drug-likeness (QED) is 0.645. The van der Waals surface area contributed by atoms with Gasteiger partial charge < -0.3 is 9.15 Å². The first-order chi connectivity index (χ1) is 13.9. The molecular weight excluding hydrogens is 390 g/mol. The van der Waals surface area contributed by atoms with Crippen LogP contribution in [0.4, 0.5) is 0 Å². The van der Waals surface area contributed by atoms with Crippen molar-refractivity contribution in [2.24, 2.45) is 0 Å². The maximum Gasteiger partial charge on any atom is 0.200 e. The molecule has 7 heteroatoms. The molecule has 2 aromatic carbocycles. The molecule has 0 radical (unpaired) electrons. The number of fused-ring (bicyclic) bond motifs is 3. The number of hydrogen-bond acceptors (Lipinski definition) is 6. The second-order valence-corrected chi connectivity index (χ2v) is 9.95. The zero-order valence-corrected chi connectivity index (χ0v) is 16.9. The Kier molecular flexibility index (Phi) is 4.26. The Hall–Kier alpha value is -2.64. The number of sulfone groups is 1. The average Bonchev–Trinajstić information content (AvgIpc) is 3.08. The number of hydrogen-bond donors (Lipinski definition) is 0. The summed E-state index contributed by atoms with van der Waals surface area (Å²) in [7, 11) is -2.99. The van der Waals surface area contributed by atoms with Gasteiger partial charge in [0.25, 0.3) is 0 Å². The van der Waals surface area contributed by atoms with E-state index >= 15 is 0 Å². The first-order valence-electron chi connectivity index (χ1n) is 9.65. The molecule has 5 rings (SSSR count). The molecule has 3 heterocycles. The van der Waals surface area contributed by atoms with Gasteiger partial charge in [-0.1, -0.05) is 30.3 Å². The Labute approximate surface area is 168 Å². The predicted molar refractivity (Wildman–Crippen MR) is 111 cm³/mol. The van der Waals surface area contributed by atoms with Gasteiger partial charge in [0.2, 0.25) is 5.43 Å². The van der Waals surface area contributed by atoms with Gasteiger partial charge in [-0.2, -0.15) is 0 Å². The van der Waals surface area contributed by atoms with Crippen molar-refractivity contribution >= 4 is 20.8 Å². The van der Waals surface area contributed by atoms with Gasteiger partial charge in [0.15, 0.2) is 9.84 Å². The van der Waals surface area contributed by atoms with E-state index < -0.39 is 9.84 Å². The lowest BCUT2D eigenvalue weighted by Crippen LogP contribution is -2.41. The zero-order chi connectivity index (χ0) is 20.2. The van der Waals surface area contributed by atoms with Crippen molar-refractivity contribution in [2.75, 3.05) is 18.2 Å². The molecule has 2 aliphatic rings. The van der Waals surface area contributed by atoms with Crippen molar-refractivity contribution in [3.8, 4) is 16.9 Å². The summed E-state index contributed by atoms with van der Waals surface area (Å²) in [6.07, 6.45) is 0.604. The summed E-state index contributed by atoms with van der Waals surface area (Å²) in [5.74, 6) is 1.61. The Morgan fingerprint density at radius 1 is 1.10 bits per heavy atom. The first-order valence-corrected chi connectivity index (χ1v) is 11.5. The van der Waals surface area contributed by atoms with Gasteiger partial charge in [-0.05, 0) is 31.0 Å². The van der Waals surface area contributed by atoms with Gasteiger partial charge in [0, 0.05) is 12.6 Å². The number of ether oxygens (including phenoxy) is 1. The number of benzene rings is 2. The summed E-state index contributed by atoms with van der Waals surface area (Å²) in [6.45, 7) is 2.64. The minimum atomic E-state index is -2.99. The summed E-state index contributed by atoms with van der Waals surface area (Å²) >= 11 is 0. The molecule has 0 N–H and O–H groups in total. The van der Waals surface area contributed by atoms with E-state index in [1.807, 2.05) is 35.2 Å². The van der Waals surface area contributed by atoms with Crippen molar-refractivity contribution in [3.63, 3.8) is 0 Å². The molecule has 3 aromatic rings. The van der Waals surface area contributed by atoms with Gasteiger partial charge in [-0.15, -0.1) is 0 Å². The van der Waals surface area contributed by atoms with E-state index in [1.165, 1.54) is 0 Å². The summed E-state index contributed by atoms with van der Waals surface area (Å²) in [5, 5.41) is 0.512. The molecule has 0 saturated carbocycles. The minimum absolute atomic E-state index is 0.0696. The Morgan fingerprint density at radius 3 is 2.62 bits per heavy atom. The van der Waals surface area contributed by atoms with Crippen LogP contribution in [-0.4, -0.2) is 37.6 Å². The largest absolute Gasteiger partial charge is 0.478 e. The second-order valence-electron chi connectivity index (χ2n) is 7.72. The normalized spacial score (nSPS) is 21.1. The maximum atomic E-state index is 13.3. The van der Waals surface area contributed by atoms with Gasteiger partial charge in [0.05, 0.1) is 28.0 Å². The van der Waals surface area contributed by atoms with Crippen LogP contribution in [0.3, 0.4) is 0 Å². The third-order valence-corrected chi connectivity index (χ3v) is 7.58. The van der Waals surface area contributed by atoms with Crippen LogP contribution in [0.15, 0.2) is 51.7 Å². The van der Waals surface area contributed by atoms with Crippen LogP contribution in [0.25, 0.3) is 22.1 Å².